The van der Waals surface area contributed by atoms with E-state index < -0.39 is 30.8 Å². The first-order valence-corrected chi connectivity index (χ1v) is 9.65. The van der Waals surface area contributed by atoms with E-state index in [1.54, 1.807) is 10.9 Å². The third kappa shape index (κ3) is 3.04. The van der Waals surface area contributed by atoms with Gasteiger partial charge in [-0.3, -0.25) is 4.57 Å². The molecule has 1 saturated carbocycles. The molecule has 2 unspecified atom stereocenters. The van der Waals surface area contributed by atoms with Crippen LogP contribution < -0.4 is 16.2 Å². The molecule has 0 amide bonds. The van der Waals surface area contributed by atoms with Gasteiger partial charge in [0.1, 0.15) is 30.9 Å². The summed E-state index contributed by atoms with van der Waals surface area (Å²) < 4.78 is 13.5. The molecule has 5 N–H and O–H groups in total. The van der Waals surface area contributed by atoms with Gasteiger partial charge in [0.15, 0.2) is 29.4 Å². The first kappa shape index (κ1) is 18.2. The second-order valence-corrected chi connectivity index (χ2v) is 7.95. The number of ether oxygens (including phenoxy) is 2. The molecular formula is C17H25N7O4. The zero-order chi connectivity index (χ0) is 19.4. The SMILES string of the molecule is CC(C)C1NNC([C@H]2O[C@@H](n3cnc4c(NC5CC5)ncnc43)[C@H](O)[C@@H]2O)O1. The van der Waals surface area contributed by atoms with Crippen LogP contribution in [0.5, 0.6) is 0 Å². The summed E-state index contributed by atoms with van der Waals surface area (Å²) in [5, 5.41) is 24.5. The Bertz CT molecular complexity index is 857. The third-order valence-corrected chi connectivity index (χ3v) is 5.39. The topological polar surface area (TPSA) is 139 Å². The number of aliphatic hydroxyl groups is 2. The number of nitrogens with zero attached hydrogens (tertiary/aromatic N) is 4. The number of anilines is 1. The van der Waals surface area contributed by atoms with Crippen molar-refractivity contribution in [1.29, 1.82) is 0 Å². The lowest BCUT2D eigenvalue weighted by molar-refractivity contribution is -0.113. The number of hydrogen-bond acceptors (Lipinski definition) is 10. The van der Waals surface area contributed by atoms with Crippen LogP contribution in [0, 0.1) is 5.92 Å². The summed E-state index contributed by atoms with van der Waals surface area (Å²) in [6.07, 6.45) is 0.594. The summed E-state index contributed by atoms with van der Waals surface area (Å²) >= 11 is 0. The molecule has 2 aromatic heterocycles. The van der Waals surface area contributed by atoms with Gasteiger partial charge in [0, 0.05) is 6.04 Å². The molecule has 2 saturated heterocycles. The van der Waals surface area contributed by atoms with Crippen molar-refractivity contribution in [3.8, 4) is 0 Å². The molecule has 0 radical (unpaired) electrons. The standard InChI is InChI=1S/C17H25N7O4/c1-7(2)15-22-23-16(28-15)12-10(25)11(26)17(27-12)24-6-20-9-13(21-8-3-4-8)18-5-19-14(9)24/h5-8,10-12,15-17,22-23,25-26H,3-4H2,1-2H3,(H,18,19,21)/t10-,11+,12-,15?,16?,17+/m0/s1. The molecule has 5 rings (SSSR count). The molecule has 2 aromatic rings. The zero-order valence-corrected chi connectivity index (χ0v) is 15.7. The van der Waals surface area contributed by atoms with Crippen LogP contribution in [0.4, 0.5) is 5.82 Å². The van der Waals surface area contributed by atoms with E-state index in [1.165, 1.54) is 6.33 Å². The van der Waals surface area contributed by atoms with Crippen LogP contribution in [0.1, 0.15) is 32.9 Å². The largest absolute Gasteiger partial charge is 0.387 e. The van der Waals surface area contributed by atoms with Crippen molar-refractivity contribution >= 4 is 17.0 Å². The molecule has 0 bridgehead atoms. The zero-order valence-electron chi connectivity index (χ0n) is 15.7. The molecule has 6 atom stereocenters. The smallest absolute Gasteiger partial charge is 0.167 e. The average Bonchev–Trinajstić information content (AvgIpc) is 3.08. The molecule has 0 aromatic carbocycles. The molecule has 4 heterocycles. The maximum absolute atomic E-state index is 10.6. The Labute approximate surface area is 161 Å². The normalized spacial score (nSPS) is 35.9. The minimum absolute atomic E-state index is 0.199. The molecule has 0 spiro atoms. The Hall–Kier alpha value is -1.89. The second-order valence-electron chi connectivity index (χ2n) is 7.95. The van der Waals surface area contributed by atoms with E-state index in [0.29, 0.717) is 23.0 Å². The summed E-state index contributed by atoms with van der Waals surface area (Å²) in [5.41, 5.74) is 7.18. The van der Waals surface area contributed by atoms with Gasteiger partial charge in [0.2, 0.25) is 0 Å². The fraction of sp³-hybridized carbons (Fsp3) is 0.706. The van der Waals surface area contributed by atoms with Gasteiger partial charge in [-0.25, -0.2) is 25.8 Å². The average molecular weight is 391 g/mol. The van der Waals surface area contributed by atoms with Crippen LogP contribution in [0.3, 0.4) is 0 Å². The fourth-order valence-corrected chi connectivity index (χ4v) is 3.60. The van der Waals surface area contributed by atoms with Gasteiger partial charge in [-0.2, -0.15) is 0 Å². The van der Waals surface area contributed by atoms with Crippen LogP contribution in [-0.2, 0) is 9.47 Å². The maximum Gasteiger partial charge on any atom is 0.167 e. The van der Waals surface area contributed by atoms with Crippen LogP contribution in [0.25, 0.3) is 11.2 Å². The monoisotopic (exact) mass is 391 g/mol. The van der Waals surface area contributed by atoms with Crippen LogP contribution in [0.15, 0.2) is 12.7 Å². The minimum Gasteiger partial charge on any atom is -0.387 e. The number of rotatable bonds is 5. The van der Waals surface area contributed by atoms with Crippen molar-refractivity contribution in [1.82, 2.24) is 30.4 Å². The van der Waals surface area contributed by atoms with E-state index in [0.717, 1.165) is 12.8 Å². The Morgan fingerprint density at radius 1 is 1.14 bits per heavy atom. The highest BCUT2D eigenvalue weighted by atomic mass is 16.6. The van der Waals surface area contributed by atoms with Crippen LogP contribution in [-0.4, -0.2) is 66.5 Å². The number of aromatic nitrogens is 4. The number of aliphatic hydroxyl groups excluding tert-OH is 2. The predicted molar refractivity (Wildman–Crippen MR) is 97.7 cm³/mol. The highest BCUT2D eigenvalue weighted by Crippen LogP contribution is 2.35. The number of hydrogen-bond donors (Lipinski definition) is 5. The lowest BCUT2D eigenvalue weighted by atomic mass is 10.1. The minimum atomic E-state index is -1.15. The molecule has 28 heavy (non-hydrogen) atoms. The first-order valence-electron chi connectivity index (χ1n) is 9.65. The molecular weight excluding hydrogens is 366 g/mol. The number of fused-ring (bicyclic) bond motifs is 1. The van der Waals surface area contributed by atoms with Gasteiger partial charge < -0.3 is 25.0 Å². The molecule has 11 nitrogen and oxygen atoms in total. The van der Waals surface area contributed by atoms with Crippen molar-refractivity contribution in [2.24, 2.45) is 5.92 Å². The van der Waals surface area contributed by atoms with E-state index in [1.807, 2.05) is 13.8 Å². The molecule has 152 valence electrons. The Morgan fingerprint density at radius 3 is 2.68 bits per heavy atom. The number of hydrazine groups is 1. The number of imidazole rings is 1. The fourth-order valence-electron chi connectivity index (χ4n) is 3.60. The van der Waals surface area contributed by atoms with E-state index in [9.17, 15) is 10.2 Å². The van der Waals surface area contributed by atoms with Gasteiger partial charge in [-0.15, -0.1) is 0 Å². The van der Waals surface area contributed by atoms with E-state index in [-0.39, 0.29) is 12.1 Å². The molecule has 11 heteroatoms. The number of nitrogens with one attached hydrogen (secondary N) is 3. The summed E-state index contributed by atoms with van der Waals surface area (Å²) in [6, 6.07) is 0.426. The van der Waals surface area contributed by atoms with E-state index in [4.69, 9.17) is 9.47 Å². The van der Waals surface area contributed by atoms with E-state index >= 15 is 0 Å². The van der Waals surface area contributed by atoms with Crippen molar-refractivity contribution < 1.29 is 19.7 Å². The molecule has 3 fully saturated rings. The lowest BCUT2D eigenvalue weighted by Gasteiger charge is -2.21. The molecule has 3 aliphatic rings. The van der Waals surface area contributed by atoms with E-state index in [2.05, 4.69) is 31.1 Å². The summed E-state index contributed by atoms with van der Waals surface area (Å²) in [7, 11) is 0. The summed E-state index contributed by atoms with van der Waals surface area (Å²) in [5.74, 6) is 0.907. The van der Waals surface area contributed by atoms with Gasteiger partial charge >= 0.3 is 0 Å². The quantitative estimate of drug-likeness (QED) is 0.451. The lowest BCUT2D eigenvalue weighted by Crippen LogP contribution is -2.46. The highest BCUT2D eigenvalue weighted by Gasteiger charge is 2.50. The van der Waals surface area contributed by atoms with Crippen molar-refractivity contribution in [2.45, 2.75) is 69.7 Å². The highest BCUT2D eigenvalue weighted by molar-refractivity contribution is 5.83. The summed E-state index contributed by atoms with van der Waals surface area (Å²) in [4.78, 5) is 13.0. The second kappa shape index (κ2) is 6.87. The van der Waals surface area contributed by atoms with Gasteiger partial charge in [0.05, 0.1) is 6.33 Å². The maximum atomic E-state index is 10.6. The van der Waals surface area contributed by atoms with Crippen molar-refractivity contribution in [3.05, 3.63) is 12.7 Å². The summed E-state index contributed by atoms with van der Waals surface area (Å²) in [6.45, 7) is 4.05. The first-order chi connectivity index (χ1) is 13.5. The predicted octanol–water partition coefficient (Wildman–Crippen LogP) is -0.548. The Kier molecular flexibility index (Phi) is 4.45. The Balaban J connectivity index is 1.39. The van der Waals surface area contributed by atoms with Gasteiger partial charge in [-0.1, -0.05) is 13.8 Å². The van der Waals surface area contributed by atoms with Crippen molar-refractivity contribution in [3.63, 3.8) is 0 Å². The van der Waals surface area contributed by atoms with Crippen molar-refractivity contribution in [2.75, 3.05) is 5.32 Å². The van der Waals surface area contributed by atoms with Gasteiger partial charge in [-0.05, 0) is 18.8 Å². The Morgan fingerprint density at radius 2 is 1.96 bits per heavy atom. The van der Waals surface area contributed by atoms with Gasteiger partial charge in [0.25, 0.3) is 0 Å². The third-order valence-electron chi connectivity index (χ3n) is 5.39. The molecule has 2 aliphatic heterocycles. The molecule has 1 aliphatic carbocycles. The van der Waals surface area contributed by atoms with Crippen LogP contribution in [0.2, 0.25) is 0 Å². The van der Waals surface area contributed by atoms with Crippen LogP contribution >= 0.6 is 0 Å².